The highest BCUT2D eigenvalue weighted by molar-refractivity contribution is 6.31. The summed E-state index contributed by atoms with van der Waals surface area (Å²) >= 11 is 6.02. The van der Waals surface area contributed by atoms with Gasteiger partial charge in [-0.05, 0) is 36.6 Å². The fourth-order valence-electron chi connectivity index (χ4n) is 3.27. The van der Waals surface area contributed by atoms with Gasteiger partial charge in [0.1, 0.15) is 11.4 Å². The minimum absolute atomic E-state index is 0.0407. The number of halogens is 1. The lowest BCUT2D eigenvalue weighted by Gasteiger charge is -2.24. The van der Waals surface area contributed by atoms with Gasteiger partial charge in [-0.3, -0.25) is 24.0 Å². The summed E-state index contributed by atoms with van der Waals surface area (Å²) in [4.78, 5) is 41.8. The maximum absolute atomic E-state index is 13.3. The summed E-state index contributed by atoms with van der Waals surface area (Å²) in [6, 6.07) is 6.62. The van der Waals surface area contributed by atoms with E-state index in [1.807, 2.05) is 20.8 Å². The number of carbonyl (C=O) groups excluding carboxylic acids is 1. The molecule has 8 nitrogen and oxygen atoms in total. The molecule has 0 radical (unpaired) electrons. The number of benzene rings is 1. The molecule has 0 unspecified atom stereocenters. The fourth-order valence-corrected chi connectivity index (χ4v) is 3.45. The molecule has 0 fully saturated rings. The Labute approximate surface area is 178 Å². The van der Waals surface area contributed by atoms with Crippen LogP contribution in [-0.4, -0.2) is 22.0 Å². The Hall–Kier alpha value is -3.00. The van der Waals surface area contributed by atoms with E-state index in [-0.39, 0.29) is 29.7 Å². The van der Waals surface area contributed by atoms with Crippen LogP contribution in [0.1, 0.15) is 44.2 Å². The third kappa shape index (κ3) is 4.28. The number of rotatable bonds is 7. The Morgan fingerprint density at radius 1 is 1.30 bits per heavy atom. The predicted octanol–water partition coefficient (Wildman–Crippen LogP) is 3.62. The largest absolute Gasteiger partial charge is 0.451 e. The van der Waals surface area contributed by atoms with E-state index in [2.05, 4.69) is 4.98 Å². The van der Waals surface area contributed by atoms with E-state index < -0.39 is 17.2 Å². The van der Waals surface area contributed by atoms with Crippen LogP contribution >= 0.6 is 11.6 Å². The summed E-state index contributed by atoms with van der Waals surface area (Å²) in [5.41, 5.74) is 5.37. The van der Waals surface area contributed by atoms with Gasteiger partial charge in [-0.2, -0.15) is 0 Å². The number of nitrogen functional groups attached to an aromatic ring is 1. The number of nitrogens with one attached hydrogen (secondary N) is 1. The molecule has 160 valence electrons. The second-order valence-corrected chi connectivity index (χ2v) is 8.04. The Bertz CT molecular complexity index is 1190. The molecule has 0 spiro atoms. The molecule has 2 heterocycles. The summed E-state index contributed by atoms with van der Waals surface area (Å²) in [5.74, 6) is -0.378. The van der Waals surface area contributed by atoms with Gasteiger partial charge in [-0.15, -0.1) is 0 Å². The van der Waals surface area contributed by atoms with Crippen molar-refractivity contribution in [2.24, 2.45) is 5.92 Å². The highest BCUT2D eigenvalue weighted by atomic mass is 35.5. The third-order valence-corrected chi connectivity index (χ3v) is 4.94. The molecule has 2 aromatic heterocycles. The number of nitrogens with two attached hydrogens (primary N) is 1. The van der Waals surface area contributed by atoms with E-state index in [1.54, 1.807) is 24.3 Å². The van der Waals surface area contributed by atoms with E-state index >= 15 is 0 Å². The summed E-state index contributed by atoms with van der Waals surface area (Å²) in [7, 11) is 0. The van der Waals surface area contributed by atoms with Crippen molar-refractivity contribution in [3.63, 3.8) is 0 Å². The molecule has 0 aliphatic carbocycles. The number of aromatic nitrogens is 2. The molecule has 1 amide bonds. The van der Waals surface area contributed by atoms with Crippen LogP contribution in [0.5, 0.6) is 0 Å². The lowest BCUT2D eigenvalue weighted by Crippen LogP contribution is -2.42. The fraction of sp³-hybridized carbons (Fsp3) is 0.381. The average Bonchev–Trinajstić information content (AvgIpc) is 3.10. The zero-order valence-corrected chi connectivity index (χ0v) is 18.0. The minimum Gasteiger partial charge on any atom is -0.451 e. The van der Waals surface area contributed by atoms with E-state index in [0.717, 1.165) is 6.42 Å². The van der Waals surface area contributed by atoms with Crippen LogP contribution in [0.15, 0.2) is 38.3 Å². The summed E-state index contributed by atoms with van der Waals surface area (Å²) in [6.07, 6.45) is 1.43. The van der Waals surface area contributed by atoms with Crippen molar-refractivity contribution in [3.05, 3.63) is 55.9 Å². The Balaban J connectivity index is 2.12. The molecular weight excluding hydrogens is 408 g/mol. The number of fused-ring (bicyclic) bond motifs is 1. The van der Waals surface area contributed by atoms with Crippen molar-refractivity contribution >= 4 is 40.0 Å². The standard InChI is InChI=1S/C21H25ClN4O4/c1-4-5-8-25(17-18(23)26(11-12(2)3)21(29)24-19(17)27)20(28)16-10-13-9-14(22)6-7-15(13)30-16/h6-7,9-10,12H,4-5,8,11,23H2,1-3H3,(H,24,27,29). The maximum Gasteiger partial charge on any atom is 0.330 e. The molecular formula is C21H25ClN4O4. The van der Waals surface area contributed by atoms with Crippen LogP contribution < -0.4 is 21.9 Å². The molecule has 0 saturated heterocycles. The lowest BCUT2D eigenvalue weighted by atomic mass is 10.2. The van der Waals surface area contributed by atoms with Gasteiger partial charge in [0, 0.05) is 23.5 Å². The van der Waals surface area contributed by atoms with Crippen LogP contribution in [0.2, 0.25) is 5.02 Å². The number of nitrogens with zero attached hydrogens (tertiary/aromatic N) is 2. The summed E-state index contributed by atoms with van der Waals surface area (Å²) in [6.45, 7) is 6.39. The third-order valence-electron chi connectivity index (χ3n) is 4.70. The minimum atomic E-state index is -0.707. The van der Waals surface area contributed by atoms with Crippen LogP contribution in [0, 0.1) is 5.92 Å². The predicted molar refractivity (Wildman–Crippen MR) is 118 cm³/mol. The number of hydrogen-bond donors (Lipinski definition) is 2. The first-order valence-corrected chi connectivity index (χ1v) is 10.2. The Kier molecular flexibility index (Phi) is 6.36. The van der Waals surface area contributed by atoms with Crippen LogP contribution in [-0.2, 0) is 6.54 Å². The smallest absolute Gasteiger partial charge is 0.330 e. The van der Waals surface area contributed by atoms with Crippen molar-refractivity contribution in [1.82, 2.24) is 9.55 Å². The van der Waals surface area contributed by atoms with Gasteiger partial charge in [-0.1, -0.05) is 38.8 Å². The first-order chi connectivity index (χ1) is 14.2. The molecule has 0 aliphatic rings. The molecule has 0 atom stereocenters. The van der Waals surface area contributed by atoms with E-state index in [1.165, 1.54) is 9.47 Å². The van der Waals surface area contributed by atoms with Crippen molar-refractivity contribution in [1.29, 1.82) is 0 Å². The number of aromatic amines is 1. The molecule has 3 aromatic rings. The molecule has 3 N–H and O–H groups in total. The van der Waals surface area contributed by atoms with Crippen molar-refractivity contribution in [3.8, 4) is 0 Å². The van der Waals surface area contributed by atoms with Gasteiger partial charge in [-0.25, -0.2) is 4.79 Å². The molecule has 0 bridgehead atoms. The van der Waals surface area contributed by atoms with Gasteiger partial charge in [0.05, 0.1) is 0 Å². The van der Waals surface area contributed by atoms with Crippen molar-refractivity contribution in [2.45, 2.75) is 40.2 Å². The highest BCUT2D eigenvalue weighted by Gasteiger charge is 2.27. The van der Waals surface area contributed by atoms with Gasteiger partial charge in [0.15, 0.2) is 11.4 Å². The summed E-state index contributed by atoms with van der Waals surface area (Å²) < 4.78 is 6.98. The molecule has 30 heavy (non-hydrogen) atoms. The van der Waals surface area contributed by atoms with Gasteiger partial charge < -0.3 is 10.2 Å². The molecule has 0 saturated carbocycles. The quantitative estimate of drug-likeness (QED) is 0.591. The maximum atomic E-state index is 13.3. The average molecular weight is 433 g/mol. The Morgan fingerprint density at radius 2 is 2.03 bits per heavy atom. The lowest BCUT2D eigenvalue weighted by molar-refractivity contribution is 0.0961. The van der Waals surface area contributed by atoms with Crippen molar-refractivity contribution < 1.29 is 9.21 Å². The summed E-state index contributed by atoms with van der Waals surface area (Å²) in [5, 5.41) is 1.19. The zero-order valence-electron chi connectivity index (χ0n) is 17.2. The number of carbonyl (C=O) groups is 1. The van der Waals surface area contributed by atoms with Gasteiger partial charge >= 0.3 is 5.69 Å². The molecule has 9 heteroatoms. The first kappa shape index (κ1) is 21.7. The first-order valence-electron chi connectivity index (χ1n) is 9.86. The number of amides is 1. The second-order valence-electron chi connectivity index (χ2n) is 7.60. The normalized spacial score (nSPS) is 11.4. The number of H-pyrrole nitrogens is 1. The van der Waals surface area contributed by atoms with Crippen LogP contribution in [0.3, 0.4) is 0 Å². The number of anilines is 2. The number of furan rings is 1. The van der Waals surface area contributed by atoms with E-state index in [9.17, 15) is 14.4 Å². The second kappa shape index (κ2) is 8.79. The number of unbranched alkanes of at least 4 members (excludes halogenated alkanes) is 1. The number of hydrogen-bond acceptors (Lipinski definition) is 5. The molecule has 3 rings (SSSR count). The molecule has 1 aromatic carbocycles. The van der Waals surface area contributed by atoms with Crippen LogP contribution in [0.4, 0.5) is 11.5 Å². The van der Waals surface area contributed by atoms with Gasteiger partial charge in [0.2, 0.25) is 0 Å². The van der Waals surface area contributed by atoms with Crippen LogP contribution in [0.25, 0.3) is 11.0 Å². The van der Waals surface area contributed by atoms with E-state index in [0.29, 0.717) is 29.0 Å². The highest BCUT2D eigenvalue weighted by Crippen LogP contribution is 2.26. The van der Waals surface area contributed by atoms with Gasteiger partial charge in [0.25, 0.3) is 11.5 Å². The Morgan fingerprint density at radius 3 is 2.70 bits per heavy atom. The zero-order chi connectivity index (χ0) is 22.0. The molecule has 0 aliphatic heterocycles. The van der Waals surface area contributed by atoms with E-state index in [4.69, 9.17) is 21.8 Å². The van der Waals surface area contributed by atoms with Crippen molar-refractivity contribution in [2.75, 3.05) is 17.2 Å². The topological polar surface area (TPSA) is 114 Å². The SMILES string of the molecule is CCCCN(C(=O)c1cc2cc(Cl)ccc2o1)c1c(N)n(CC(C)C)c(=O)[nH]c1=O. The monoisotopic (exact) mass is 432 g/mol.